The molecule has 0 aromatic heterocycles. The zero-order valence-electron chi connectivity index (χ0n) is 10.8. The van der Waals surface area contributed by atoms with Crippen LogP contribution in [-0.2, 0) is 4.74 Å². The summed E-state index contributed by atoms with van der Waals surface area (Å²) in [6.07, 6.45) is 0. The van der Waals surface area contributed by atoms with Crippen LogP contribution in [0.25, 0.3) is 0 Å². The molecule has 0 aliphatic heterocycles. The zero-order valence-corrected chi connectivity index (χ0v) is 10.8. The number of phenolic OH excluding ortho intramolecular Hbond substituents is 1. The lowest BCUT2D eigenvalue weighted by Gasteiger charge is -2.08. The van der Waals surface area contributed by atoms with Crippen LogP contribution >= 0.6 is 0 Å². The molecular formula is C13H20N2O3. The molecule has 100 valence electrons. The first-order valence-electron chi connectivity index (χ1n) is 5.95. The van der Waals surface area contributed by atoms with Crippen molar-refractivity contribution in [3.8, 4) is 5.75 Å². The van der Waals surface area contributed by atoms with Gasteiger partial charge in [-0.2, -0.15) is 0 Å². The van der Waals surface area contributed by atoms with Gasteiger partial charge in [-0.15, -0.1) is 0 Å². The predicted octanol–water partition coefficient (Wildman–Crippen LogP) is 1.38. The molecule has 0 unspecified atom stereocenters. The number of rotatable bonds is 6. The Morgan fingerprint density at radius 3 is 2.83 bits per heavy atom. The van der Waals surface area contributed by atoms with E-state index in [4.69, 9.17) is 10.5 Å². The van der Waals surface area contributed by atoms with Gasteiger partial charge in [0.25, 0.3) is 5.91 Å². The number of nitrogen functional groups attached to an aromatic ring is 1. The number of benzene rings is 1. The number of amides is 1. The van der Waals surface area contributed by atoms with Crippen molar-refractivity contribution in [1.82, 2.24) is 5.32 Å². The lowest BCUT2D eigenvalue weighted by atomic mass is 10.2. The van der Waals surface area contributed by atoms with Crippen molar-refractivity contribution in [2.24, 2.45) is 5.92 Å². The molecule has 0 aliphatic rings. The van der Waals surface area contributed by atoms with E-state index in [1.165, 1.54) is 12.1 Å². The Kier molecular flexibility index (Phi) is 5.45. The summed E-state index contributed by atoms with van der Waals surface area (Å²) in [6.45, 7) is 5.73. The first-order valence-corrected chi connectivity index (χ1v) is 5.95. The first kappa shape index (κ1) is 14.3. The van der Waals surface area contributed by atoms with Gasteiger partial charge < -0.3 is 20.9 Å². The van der Waals surface area contributed by atoms with Crippen molar-refractivity contribution in [1.29, 1.82) is 0 Å². The molecule has 1 aromatic rings. The summed E-state index contributed by atoms with van der Waals surface area (Å²) in [6, 6.07) is 4.42. The monoisotopic (exact) mass is 252 g/mol. The van der Waals surface area contributed by atoms with Gasteiger partial charge in [-0.3, -0.25) is 4.79 Å². The molecule has 0 heterocycles. The molecule has 1 amide bonds. The van der Waals surface area contributed by atoms with Gasteiger partial charge in [0.05, 0.1) is 12.3 Å². The molecule has 5 nitrogen and oxygen atoms in total. The normalized spacial score (nSPS) is 10.6. The first-order chi connectivity index (χ1) is 8.50. The van der Waals surface area contributed by atoms with Crippen LogP contribution < -0.4 is 11.1 Å². The summed E-state index contributed by atoms with van der Waals surface area (Å²) in [4.78, 5) is 11.7. The highest BCUT2D eigenvalue weighted by atomic mass is 16.5. The fraction of sp³-hybridized carbons (Fsp3) is 0.462. The van der Waals surface area contributed by atoms with Gasteiger partial charge in [-0.05, 0) is 24.1 Å². The second kappa shape index (κ2) is 6.86. The van der Waals surface area contributed by atoms with Gasteiger partial charge in [-0.25, -0.2) is 0 Å². The van der Waals surface area contributed by atoms with E-state index in [-0.39, 0.29) is 17.3 Å². The smallest absolute Gasteiger partial charge is 0.251 e. The van der Waals surface area contributed by atoms with E-state index in [2.05, 4.69) is 19.2 Å². The van der Waals surface area contributed by atoms with Gasteiger partial charge in [0.1, 0.15) is 5.75 Å². The molecule has 0 radical (unpaired) electrons. The molecule has 18 heavy (non-hydrogen) atoms. The quantitative estimate of drug-likeness (QED) is 0.405. The molecule has 0 saturated carbocycles. The lowest BCUT2D eigenvalue weighted by Crippen LogP contribution is -2.27. The number of carbonyl (C=O) groups excluding carboxylic acids is 1. The molecule has 0 atom stereocenters. The van der Waals surface area contributed by atoms with E-state index < -0.39 is 0 Å². The summed E-state index contributed by atoms with van der Waals surface area (Å²) in [5.74, 6) is 0.145. The third kappa shape index (κ3) is 4.63. The third-order valence-electron chi connectivity index (χ3n) is 2.28. The average molecular weight is 252 g/mol. The van der Waals surface area contributed by atoms with Crippen molar-refractivity contribution in [2.75, 3.05) is 25.5 Å². The van der Waals surface area contributed by atoms with E-state index in [9.17, 15) is 9.90 Å². The minimum absolute atomic E-state index is 0.0845. The highest BCUT2D eigenvalue weighted by molar-refractivity contribution is 5.95. The summed E-state index contributed by atoms with van der Waals surface area (Å²) < 4.78 is 5.34. The van der Waals surface area contributed by atoms with Crippen molar-refractivity contribution >= 4 is 11.6 Å². The Morgan fingerprint density at radius 1 is 1.50 bits per heavy atom. The Labute approximate surface area is 107 Å². The van der Waals surface area contributed by atoms with Crippen molar-refractivity contribution in [3.63, 3.8) is 0 Å². The molecule has 0 aliphatic carbocycles. The maximum atomic E-state index is 11.7. The summed E-state index contributed by atoms with van der Waals surface area (Å²) in [5, 5.41) is 12.1. The Hall–Kier alpha value is -1.75. The van der Waals surface area contributed by atoms with Crippen LogP contribution in [0.15, 0.2) is 18.2 Å². The minimum atomic E-state index is -0.251. The molecule has 4 N–H and O–H groups in total. The van der Waals surface area contributed by atoms with Gasteiger partial charge in [0.15, 0.2) is 0 Å². The van der Waals surface area contributed by atoms with Crippen molar-refractivity contribution in [3.05, 3.63) is 23.8 Å². The number of anilines is 1. The van der Waals surface area contributed by atoms with Crippen LogP contribution in [0.2, 0.25) is 0 Å². The largest absolute Gasteiger partial charge is 0.506 e. The third-order valence-corrected chi connectivity index (χ3v) is 2.28. The van der Waals surface area contributed by atoms with Crippen LogP contribution in [0.3, 0.4) is 0 Å². The predicted molar refractivity (Wildman–Crippen MR) is 70.5 cm³/mol. The Morgan fingerprint density at radius 2 is 2.22 bits per heavy atom. The number of hydrogen-bond acceptors (Lipinski definition) is 4. The average Bonchev–Trinajstić information content (AvgIpc) is 2.31. The van der Waals surface area contributed by atoms with Gasteiger partial charge in [0, 0.05) is 18.7 Å². The minimum Gasteiger partial charge on any atom is -0.506 e. The van der Waals surface area contributed by atoms with E-state index in [1.54, 1.807) is 6.07 Å². The number of phenols is 1. The number of nitrogens with one attached hydrogen (secondary N) is 1. The molecule has 0 bridgehead atoms. The Balaban J connectivity index is 2.34. The second-order valence-corrected chi connectivity index (χ2v) is 4.50. The topological polar surface area (TPSA) is 84.6 Å². The summed E-state index contributed by atoms with van der Waals surface area (Å²) >= 11 is 0. The maximum absolute atomic E-state index is 11.7. The molecule has 5 heteroatoms. The summed E-state index contributed by atoms with van der Waals surface area (Å²) in [7, 11) is 0. The molecule has 0 fully saturated rings. The summed E-state index contributed by atoms with van der Waals surface area (Å²) in [5.41, 5.74) is 6.09. The molecular weight excluding hydrogens is 232 g/mol. The number of aromatic hydroxyl groups is 1. The van der Waals surface area contributed by atoms with Crippen LogP contribution in [0.4, 0.5) is 5.69 Å². The van der Waals surface area contributed by atoms with Gasteiger partial charge >= 0.3 is 0 Å². The van der Waals surface area contributed by atoms with Crippen LogP contribution in [0, 0.1) is 5.92 Å². The second-order valence-electron chi connectivity index (χ2n) is 4.50. The highest BCUT2D eigenvalue weighted by Crippen LogP contribution is 2.20. The van der Waals surface area contributed by atoms with E-state index >= 15 is 0 Å². The molecule has 0 spiro atoms. The van der Waals surface area contributed by atoms with E-state index in [0.717, 1.165) is 0 Å². The van der Waals surface area contributed by atoms with Crippen molar-refractivity contribution in [2.45, 2.75) is 13.8 Å². The van der Waals surface area contributed by atoms with Crippen LogP contribution in [0.5, 0.6) is 5.75 Å². The van der Waals surface area contributed by atoms with Crippen LogP contribution in [-0.4, -0.2) is 30.8 Å². The molecule has 0 saturated heterocycles. The van der Waals surface area contributed by atoms with Crippen LogP contribution in [0.1, 0.15) is 24.2 Å². The van der Waals surface area contributed by atoms with E-state index in [1.807, 2.05) is 0 Å². The fourth-order valence-corrected chi connectivity index (χ4v) is 1.34. The zero-order chi connectivity index (χ0) is 13.5. The number of ether oxygens (including phenoxy) is 1. The molecule has 1 rings (SSSR count). The lowest BCUT2D eigenvalue weighted by molar-refractivity contribution is 0.0886. The van der Waals surface area contributed by atoms with Gasteiger partial charge in [0.2, 0.25) is 0 Å². The van der Waals surface area contributed by atoms with E-state index in [0.29, 0.717) is 31.2 Å². The highest BCUT2D eigenvalue weighted by Gasteiger charge is 2.07. The SMILES string of the molecule is CC(C)COCCNC(=O)c1ccc(N)c(O)c1. The van der Waals surface area contributed by atoms with Crippen molar-refractivity contribution < 1.29 is 14.6 Å². The number of nitrogens with two attached hydrogens (primary N) is 1. The Bertz CT molecular complexity index is 405. The number of carbonyl (C=O) groups is 1. The molecule has 1 aromatic carbocycles. The maximum Gasteiger partial charge on any atom is 0.251 e. The van der Waals surface area contributed by atoms with Gasteiger partial charge in [-0.1, -0.05) is 13.8 Å². The fourth-order valence-electron chi connectivity index (χ4n) is 1.34. The number of hydrogen-bond donors (Lipinski definition) is 3. The standard InChI is InChI=1S/C13H20N2O3/c1-9(2)8-18-6-5-15-13(17)10-3-4-11(14)12(16)7-10/h3-4,7,9,16H,5-6,8,14H2,1-2H3,(H,15,17).